The fourth-order valence-electron chi connectivity index (χ4n) is 4.12. The van der Waals surface area contributed by atoms with Crippen LogP contribution in [0.3, 0.4) is 0 Å². The molecule has 0 spiro atoms. The third kappa shape index (κ3) is 5.23. The van der Waals surface area contributed by atoms with Gasteiger partial charge in [-0.3, -0.25) is 9.69 Å². The van der Waals surface area contributed by atoms with Crippen LogP contribution in [0.5, 0.6) is 5.75 Å². The SMILES string of the molecule is NC1=C(c2ncc(Cl)cn2)CN(C(=O)c2ccc(F)cc2OCC2CC(F)CN2CCO)C1. The van der Waals surface area contributed by atoms with Gasteiger partial charge in [-0.05, 0) is 18.6 Å². The molecule has 33 heavy (non-hydrogen) atoms. The van der Waals surface area contributed by atoms with Crippen molar-refractivity contribution in [2.24, 2.45) is 5.73 Å². The Morgan fingerprint density at radius 2 is 2.06 bits per heavy atom. The summed E-state index contributed by atoms with van der Waals surface area (Å²) in [5.74, 6) is -0.494. The molecular weight excluding hydrogens is 456 g/mol. The van der Waals surface area contributed by atoms with E-state index < -0.39 is 12.0 Å². The minimum atomic E-state index is -1.02. The lowest BCUT2D eigenvalue weighted by molar-refractivity contribution is 0.0791. The Morgan fingerprint density at radius 1 is 1.30 bits per heavy atom. The van der Waals surface area contributed by atoms with Crippen LogP contribution in [0.4, 0.5) is 8.78 Å². The summed E-state index contributed by atoms with van der Waals surface area (Å²) in [6.45, 7) is 0.826. The van der Waals surface area contributed by atoms with E-state index in [2.05, 4.69) is 9.97 Å². The topological polar surface area (TPSA) is 105 Å². The fraction of sp³-hybridized carbons (Fsp3) is 0.409. The van der Waals surface area contributed by atoms with E-state index >= 15 is 0 Å². The van der Waals surface area contributed by atoms with Crippen LogP contribution in [0.1, 0.15) is 22.6 Å². The highest BCUT2D eigenvalue weighted by molar-refractivity contribution is 6.30. The number of hydrogen-bond donors (Lipinski definition) is 2. The Kier molecular flexibility index (Phi) is 7.06. The molecule has 1 aromatic heterocycles. The molecule has 0 bridgehead atoms. The van der Waals surface area contributed by atoms with E-state index in [4.69, 9.17) is 22.1 Å². The number of halogens is 3. The monoisotopic (exact) mass is 479 g/mol. The molecule has 176 valence electrons. The van der Waals surface area contributed by atoms with Crippen molar-refractivity contribution < 1.29 is 23.4 Å². The summed E-state index contributed by atoms with van der Waals surface area (Å²) < 4.78 is 33.6. The first kappa shape index (κ1) is 23.3. The molecule has 0 saturated carbocycles. The zero-order valence-electron chi connectivity index (χ0n) is 17.8. The number of alkyl halides is 1. The van der Waals surface area contributed by atoms with Gasteiger partial charge in [-0.2, -0.15) is 0 Å². The number of β-amino-alcohol motifs (C(OH)–C–C–N with tert-alkyl or cyclic N) is 1. The van der Waals surface area contributed by atoms with Gasteiger partial charge in [0.25, 0.3) is 5.91 Å². The summed E-state index contributed by atoms with van der Waals surface area (Å²) in [4.78, 5) is 24.9. The Morgan fingerprint density at radius 3 is 2.79 bits per heavy atom. The Balaban J connectivity index is 1.48. The second-order valence-electron chi connectivity index (χ2n) is 8.05. The molecule has 8 nitrogen and oxygen atoms in total. The molecule has 0 radical (unpaired) electrons. The predicted octanol–water partition coefficient (Wildman–Crippen LogP) is 1.88. The van der Waals surface area contributed by atoms with E-state index in [0.717, 1.165) is 6.07 Å². The number of benzene rings is 1. The molecule has 2 aliphatic rings. The van der Waals surface area contributed by atoms with Crippen LogP contribution in [0.15, 0.2) is 36.3 Å². The predicted molar refractivity (Wildman–Crippen MR) is 118 cm³/mol. The van der Waals surface area contributed by atoms with Gasteiger partial charge >= 0.3 is 0 Å². The lowest BCUT2D eigenvalue weighted by Gasteiger charge is -2.24. The molecule has 2 aromatic rings. The number of likely N-dealkylation sites (tertiary alicyclic amines) is 1. The minimum absolute atomic E-state index is 0.0639. The van der Waals surface area contributed by atoms with Crippen molar-refractivity contribution in [1.29, 1.82) is 0 Å². The highest BCUT2D eigenvalue weighted by Gasteiger charge is 2.33. The zero-order chi connectivity index (χ0) is 23.5. The van der Waals surface area contributed by atoms with Crippen LogP contribution in [-0.4, -0.2) is 82.4 Å². The Hall–Kier alpha value is -2.82. The fourth-order valence-corrected chi connectivity index (χ4v) is 4.22. The number of carbonyl (C=O) groups is 1. The largest absolute Gasteiger partial charge is 0.491 e. The molecule has 2 aliphatic heterocycles. The van der Waals surface area contributed by atoms with Crippen molar-refractivity contribution in [3.8, 4) is 5.75 Å². The number of aromatic nitrogens is 2. The van der Waals surface area contributed by atoms with Crippen LogP contribution in [0.2, 0.25) is 5.02 Å². The molecule has 4 rings (SSSR count). The lowest BCUT2D eigenvalue weighted by atomic mass is 10.1. The molecule has 1 saturated heterocycles. The van der Waals surface area contributed by atoms with Gasteiger partial charge < -0.3 is 20.5 Å². The average molecular weight is 480 g/mol. The van der Waals surface area contributed by atoms with E-state index in [-0.39, 0.29) is 62.5 Å². The van der Waals surface area contributed by atoms with Crippen LogP contribution < -0.4 is 10.5 Å². The Labute approximate surface area is 194 Å². The number of aliphatic hydroxyl groups is 1. The summed E-state index contributed by atoms with van der Waals surface area (Å²) >= 11 is 5.84. The van der Waals surface area contributed by atoms with E-state index in [1.54, 1.807) is 4.90 Å². The van der Waals surface area contributed by atoms with E-state index in [1.807, 2.05) is 0 Å². The summed E-state index contributed by atoms with van der Waals surface area (Å²) in [5.41, 5.74) is 7.38. The third-order valence-electron chi connectivity index (χ3n) is 5.74. The number of nitrogens with zero attached hydrogens (tertiary/aromatic N) is 4. The Bertz CT molecular complexity index is 1050. The van der Waals surface area contributed by atoms with Gasteiger partial charge in [0.15, 0.2) is 5.82 Å². The van der Waals surface area contributed by atoms with Gasteiger partial charge in [-0.15, -0.1) is 0 Å². The number of nitrogens with two attached hydrogens (primary N) is 1. The van der Waals surface area contributed by atoms with Crippen molar-refractivity contribution >= 4 is 23.1 Å². The normalized spacial score (nSPS) is 21.2. The van der Waals surface area contributed by atoms with Gasteiger partial charge in [-0.25, -0.2) is 18.7 Å². The first-order valence-electron chi connectivity index (χ1n) is 10.5. The van der Waals surface area contributed by atoms with Gasteiger partial charge in [0.2, 0.25) is 0 Å². The molecular formula is C22H24ClF2N5O3. The van der Waals surface area contributed by atoms with Crippen molar-refractivity contribution in [3.05, 3.63) is 58.5 Å². The van der Waals surface area contributed by atoms with Crippen LogP contribution >= 0.6 is 11.6 Å². The maximum Gasteiger partial charge on any atom is 0.258 e. The van der Waals surface area contributed by atoms with Gasteiger partial charge in [0.05, 0.1) is 30.3 Å². The maximum atomic E-state index is 14.0. The van der Waals surface area contributed by atoms with Crippen LogP contribution in [0, 0.1) is 5.82 Å². The molecule has 11 heteroatoms. The summed E-state index contributed by atoms with van der Waals surface area (Å²) in [7, 11) is 0. The van der Waals surface area contributed by atoms with Gasteiger partial charge in [0.1, 0.15) is 24.3 Å². The number of carbonyl (C=O) groups excluding carboxylic acids is 1. The van der Waals surface area contributed by atoms with Crippen LogP contribution in [0.25, 0.3) is 5.57 Å². The quantitative estimate of drug-likeness (QED) is 0.624. The van der Waals surface area contributed by atoms with Gasteiger partial charge in [-0.1, -0.05) is 11.6 Å². The van der Waals surface area contributed by atoms with E-state index in [9.17, 15) is 18.7 Å². The molecule has 1 amide bonds. The second kappa shape index (κ2) is 9.98. The highest BCUT2D eigenvalue weighted by Crippen LogP contribution is 2.28. The number of rotatable bonds is 7. The standard InChI is InChI=1S/C22H24ClF2N5O3/c23-13-7-27-21(28-8-13)18-10-30(11-19(18)26)22(32)17-2-1-14(24)6-20(17)33-12-16-5-15(25)9-29(16)3-4-31/h1-2,6-8,15-16,31H,3-5,9-12,26H2. The number of hydrogen-bond acceptors (Lipinski definition) is 7. The molecule has 1 fully saturated rings. The van der Waals surface area contributed by atoms with E-state index in [0.29, 0.717) is 28.7 Å². The summed E-state index contributed by atoms with van der Waals surface area (Å²) in [5, 5.41) is 9.58. The van der Waals surface area contributed by atoms with Gasteiger partial charge in [0, 0.05) is 48.9 Å². The summed E-state index contributed by atoms with van der Waals surface area (Å²) in [6, 6.07) is 3.40. The summed E-state index contributed by atoms with van der Waals surface area (Å²) in [6.07, 6.45) is 2.12. The molecule has 2 atom stereocenters. The zero-order valence-corrected chi connectivity index (χ0v) is 18.5. The minimum Gasteiger partial charge on any atom is -0.491 e. The number of amides is 1. The highest BCUT2D eigenvalue weighted by atomic mass is 35.5. The van der Waals surface area contributed by atoms with Crippen molar-refractivity contribution in [3.63, 3.8) is 0 Å². The number of aliphatic hydroxyl groups excluding tert-OH is 1. The van der Waals surface area contributed by atoms with Crippen molar-refractivity contribution in [2.75, 3.05) is 39.4 Å². The molecule has 1 aromatic carbocycles. The van der Waals surface area contributed by atoms with Crippen molar-refractivity contribution in [2.45, 2.75) is 18.6 Å². The smallest absolute Gasteiger partial charge is 0.258 e. The second-order valence-corrected chi connectivity index (χ2v) is 8.48. The molecule has 2 unspecified atom stereocenters. The third-order valence-corrected chi connectivity index (χ3v) is 5.94. The van der Waals surface area contributed by atoms with Crippen molar-refractivity contribution in [1.82, 2.24) is 19.8 Å². The first-order valence-corrected chi connectivity index (χ1v) is 10.9. The molecule has 0 aliphatic carbocycles. The first-order chi connectivity index (χ1) is 15.9. The average Bonchev–Trinajstić information content (AvgIpc) is 3.34. The van der Waals surface area contributed by atoms with E-state index in [1.165, 1.54) is 29.4 Å². The number of ether oxygens (including phenoxy) is 1. The van der Waals surface area contributed by atoms with Crippen LogP contribution in [-0.2, 0) is 0 Å². The molecule has 3 N–H and O–H groups in total. The maximum absolute atomic E-state index is 14.0. The lowest BCUT2D eigenvalue weighted by Crippen LogP contribution is -2.36. The molecule has 3 heterocycles.